The number of aromatic nitrogens is 2. The number of aliphatic carboxylic acids is 1. The Hall–Kier alpha value is -2.69. The Kier molecular flexibility index (Phi) is 3.79. The summed E-state index contributed by atoms with van der Waals surface area (Å²) < 4.78 is 0. The molecule has 0 bridgehead atoms. The van der Waals surface area contributed by atoms with Crippen LogP contribution in [0.4, 0.5) is 0 Å². The summed E-state index contributed by atoms with van der Waals surface area (Å²) in [5.74, 6) is -1.10. The van der Waals surface area contributed by atoms with Crippen molar-refractivity contribution in [1.82, 2.24) is 10.2 Å². The minimum Gasteiger partial charge on any atom is -0.478 e. The van der Waals surface area contributed by atoms with Crippen molar-refractivity contribution < 1.29 is 9.90 Å². The molecular formula is C15H14N2O3. The Labute approximate surface area is 115 Å². The van der Waals surface area contributed by atoms with Gasteiger partial charge in [-0.05, 0) is 43.2 Å². The van der Waals surface area contributed by atoms with E-state index in [9.17, 15) is 9.59 Å². The standard InChI is InChI=1S/C15H14N2O3/c1-9-3-4-11(7-10(9)2)13-8-12(5-6-14(18)19)15(20)17-16-13/h3-8H,1-2H3,(H,17,20)(H,18,19)/b6-5+. The monoisotopic (exact) mass is 270 g/mol. The topological polar surface area (TPSA) is 83.0 Å². The first-order valence-electron chi connectivity index (χ1n) is 6.06. The summed E-state index contributed by atoms with van der Waals surface area (Å²) in [6.07, 6.45) is 2.18. The lowest BCUT2D eigenvalue weighted by atomic mass is 10.0. The molecule has 0 aliphatic heterocycles. The number of aromatic amines is 1. The number of H-pyrrole nitrogens is 1. The van der Waals surface area contributed by atoms with Crippen LogP contribution in [0.5, 0.6) is 0 Å². The molecule has 5 heteroatoms. The molecule has 2 aromatic rings. The molecule has 0 radical (unpaired) electrons. The van der Waals surface area contributed by atoms with E-state index < -0.39 is 11.5 Å². The van der Waals surface area contributed by atoms with Crippen molar-refractivity contribution in [3.05, 3.63) is 57.4 Å². The van der Waals surface area contributed by atoms with Gasteiger partial charge < -0.3 is 5.11 Å². The second-order valence-corrected chi connectivity index (χ2v) is 4.51. The highest BCUT2D eigenvalue weighted by atomic mass is 16.4. The van der Waals surface area contributed by atoms with Crippen molar-refractivity contribution in [2.45, 2.75) is 13.8 Å². The lowest BCUT2D eigenvalue weighted by Crippen LogP contribution is -2.11. The number of nitrogens with one attached hydrogen (secondary N) is 1. The minimum atomic E-state index is -1.10. The smallest absolute Gasteiger partial charge is 0.328 e. The van der Waals surface area contributed by atoms with E-state index in [0.29, 0.717) is 5.69 Å². The van der Waals surface area contributed by atoms with Crippen LogP contribution in [0.3, 0.4) is 0 Å². The Bertz CT molecular complexity index is 745. The number of carbonyl (C=O) groups is 1. The quantitative estimate of drug-likeness (QED) is 0.837. The molecule has 1 aromatic heterocycles. The van der Waals surface area contributed by atoms with Crippen LogP contribution in [0.2, 0.25) is 0 Å². The summed E-state index contributed by atoms with van der Waals surface area (Å²) >= 11 is 0. The number of carboxylic acids is 1. The van der Waals surface area contributed by atoms with E-state index in [2.05, 4.69) is 10.2 Å². The number of carboxylic acid groups (broad SMARTS) is 1. The molecule has 0 aliphatic carbocycles. The predicted octanol–water partition coefficient (Wildman–Crippen LogP) is 2.15. The fraction of sp³-hybridized carbons (Fsp3) is 0.133. The van der Waals surface area contributed by atoms with Crippen LogP contribution in [0, 0.1) is 13.8 Å². The largest absolute Gasteiger partial charge is 0.478 e. The van der Waals surface area contributed by atoms with E-state index in [4.69, 9.17) is 5.11 Å². The van der Waals surface area contributed by atoms with Crippen LogP contribution in [-0.4, -0.2) is 21.3 Å². The third-order valence-electron chi connectivity index (χ3n) is 3.04. The molecule has 0 saturated heterocycles. The molecule has 1 aromatic carbocycles. The lowest BCUT2D eigenvalue weighted by Gasteiger charge is -2.05. The first-order valence-corrected chi connectivity index (χ1v) is 6.06. The molecule has 0 aliphatic rings. The van der Waals surface area contributed by atoms with Gasteiger partial charge in [0.1, 0.15) is 0 Å². The van der Waals surface area contributed by atoms with Crippen LogP contribution < -0.4 is 5.56 Å². The van der Waals surface area contributed by atoms with Gasteiger partial charge in [-0.25, -0.2) is 9.89 Å². The fourth-order valence-electron chi connectivity index (χ4n) is 1.75. The molecule has 1 heterocycles. The SMILES string of the molecule is Cc1ccc(-c2cc(/C=C/C(=O)O)c(=O)[nH]n2)cc1C. The van der Waals surface area contributed by atoms with Gasteiger partial charge in [0.15, 0.2) is 0 Å². The second-order valence-electron chi connectivity index (χ2n) is 4.51. The summed E-state index contributed by atoms with van der Waals surface area (Å²) in [6.45, 7) is 4.01. The summed E-state index contributed by atoms with van der Waals surface area (Å²) in [5, 5.41) is 15.0. The number of rotatable bonds is 3. The average Bonchev–Trinajstić information content (AvgIpc) is 2.41. The van der Waals surface area contributed by atoms with E-state index in [0.717, 1.165) is 17.2 Å². The van der Waals surface area contributed by atoms with Crippen molar-refractivity contribution >= 4 is 12.0 Å². The van der Waals surface area contributed by atoms with Crippen LogP contribution >= 0.6 is 0 Å². The van der Waals surface area contributed by atoms with Gasteiger partial charge in [-0.3, -0.25) is 4.79 Å². The lowest BCUT2D eigenvalue weighted by molar-refractivity contribution is -0.131. The normalized spacial score (nSPS) is 10.9. The van der Waals surface area contributed by atoms with E-state index in [-0.39, 0.29) is 5.56 Å². The van der Waals surface area contributed by atoms with Crippen molar-refractivity contribution in [1.29, 1.82) is 0 Å². The average molecular weight is 270 g/mol. The van der Waals surface area contributed by atoms with Gasteiger partial charge in [-0.15, -0.1) is 0 Å². The highest BCUT2D eigenvalue weighted by Crippen LogP contribution is 2.20. The summed E-state index contributed by atoms with van der Waals surface area (Å²) in [5.41, 5.74) is 3.60. The zero-order chi connectivity index (χ0) is 14.7. The zero-order valence-electron chi connectivity index (χ0n) is 11.2. The van der Waals surface area contributed by atoms with E-state index in [1.807, 2.05) is 32.0 Å². The minimum absolute atomic E-state index is 0.260. The molecule has 2 rings (SSSR count). The van der Waals surface area contributed by atoms with Crippen LogP contribution in [0.15, 0.2) is 35.1 Å². The number of hydrogen-bond donors (Lipinski definition) is 2. The van der Waals surface area contributed by atoms with Gasteiger partial charge in [0, 0.05) is 17.2 Å². The Balaban J connectivity index is 2.48. The number of aryl methyl sites for hydroxylation is 2. The highest BCUT2D eigenvalue weighted by Gasteiger charge is 2.05. The third kappa shape index (κ3) is 3.00. The van der Waals surface area contributed by atoms with Gasteiger partial charge in [-0.1, -0.05) is 12.1 Å². The maximum absolute atomic E-state index is 11.6. The van der Waals surface area contributed by atoms with Crippen molar-refractivity contribution in [3.63, 3.8) is 0 Å². The predicted molar refractivity (Wildman–Crippen MR) is 76.4 cm³/mol. The van der Waals surface area contributed by atoms with Crippen molar-refractivity contribution in [2.75, 3.05) is 0 Å². The zero-order valence-corrected chi connectivity index (χ0v) is 11.2. The molecular weight excluding hydrogens is 256 g/mol. The summed E-state index contributed by atoms with van der Waals surface area (Å²) in [7, 11) is 0. The number of benzene rings is 1. The molecule has 2 N–H and O–H groups in total. The first-order chi connectivity index (χ1) is 9.47. The molecule has 0 atom stereocenters. The van der Waals surface area contributed by atoms with E-state index in [1.54, 1.807) is 6.07 Å². The molecule has 0 spiro atoms. The maximum atomic E-state index is 11.6. The molecule has 20 heavy (non-hydrogen) atoms. The van der Waals surface area contributed by atoms with Crippen LogP contribution in [0.1, 0.15) is 16.7 Å². The van der Waals surface area contributed by atoms with Crippen molar-refractivity contribution in [3.8, 4) is 11.3 Å². The van der Waals surface area contributed by atoms with Gasteiger partial charge >= 0.3 is 5.97 Å². The Morgan fingerprint density at radius 3 is 2.65 bits per heavy atom. The Morgan fingerprint density at radius 1 is 1.25 bits per heavy atom. The molecule has 0 amide bonds. The molecule has 0 saturated carbocycles. The maximum Gasteiger partial charge on any atom is 0.328 e. The fourth-order valence-corrected chi connectivity index (χ4v) is 1.75. The number of hydrogen-bond acceptors (Lipinski definition) is 3. The summed E-state index contributed by atoms with van der Waals surface area (Å²) in [4.78, 5) is 22.1. The van der Waals surface area contributed by atoms with E-state index >= 15 is 0 Å². The van der Waals surface area contributed by atoms with Crippen LogP contribution in [0.25, 0.3) is 17.3 Å². The molecule has 0 unspecified atom stereocenters. The second kappa shape index (κ2) is 5.52. The van der Waals surface area contributed by atoms with Gasteiger partial charge in [0.2, 0.25) is 0 Å². The summed E-state index contributed by atoms with van der Waals surface area (Å²) in [6, 6.07) is 7.43. The van der Waals surface area contributed by atoms with E-state index in [1.165, 1.54) is 11.6 Å². The highest BCUT2D eigenvalue weighted by molar-refractivity contribution is 5.85. The van der Waals surface area contributed by atoms with Crippen molar-refractivity contribution in [2.24, 2.45) is 0 Å². The van der Waals surface area contributed by atoms with Gasteiger partial charge in [-0.2, -0.15) is 5.10 Å². The first kappa shape index (κ1) is 13.7. The molecule has 102 valence electrons. The molecule has 0 fully saturated rings. The Morgan fingerprint density at radius 2 is 2.00 bits per heavy atom. The number of nitrogens with zero attached hydrogens (tertiary/aromatic N) is 1. The van der Waals surface area contributed by atoms with Crippen LogP contribution in [-0.2, 0) is 4.79 Å². The third-order valence-corrected chi connectivity index (χ3v) is 3.04. The molecule has 5 nitrogen and oxygen atoms in total. The van der Waals surface area contributed by atoms with Gasteiger partial charge in [0.25, 0.3) is 5.56 Å². The van der Waals surface area contributed by atoms with Gasteiger partial charge in [0.05, 0.1) is 5.69 Å².